The van der Waals surface area contributed by atoms with Gasteiger partial charge in [-0.2, -0.15) is 0 Å². The highest BCUT2D eigenvalue weighted by molar-refractivity contribution is 7.18. The first-order chi connectivity index (χ1) is 9.99. The van der Waals surface area contributed by atoms with Crippen LogP contribution in [0, 0.1) is 5.92 Å². The van der Waals surface area contributed by atoms with Gasteiger partial charge in [-0.1, -0.05) is 25.2 Å². The molecule has 8 heteroatoms. The zero-order valence-corrected chi connectivity index (χ0v) is 13.6. The van der Waals surface area contributed by atoms with E-state index in [0.717, 1.165) is 6.54 Å². The number of aliphatic hydroxyl groups is 1. The fraction of sp³-hybridized carbons (Fsp3) is 0.692. The molecule has 0 unspecified atom stereocenters. The minimum atomic E-state index is -0.228. The summed E-state index contributed by atoms with van der Waals surface area (Å²) in [4.78, 5) is 18.5. The van der Waals surface area contributed by atoms with Gasteiger partial charge in [0.25, 0.3) is 5.91 Å². The zero-order chi connectivity index (χ0) is 15.8. The number of aromatic nitrogens is 1. The molecule has 4 N–H and O–H groups in total. The van der Waals surface area contributed by atoms with E-state index in [9.17, 15) is 4.79 Å². The Kier molecular flexibility index (Phi) is 7.41. The van der Waals surface area contributed by atoms with E-state index in [1.54, 1.807) is 7.11 Å². The molecule has 0 aliphatic carbocycles. The molecule has 21 heavy (non-hydrogen) atoms. The number of nitrogen functional groups attached to an aromatic ring is 1. The Morgan fingerprint density at radius 3 is 2.81 bits per heavy atom. The lowest BCUT2D eigenvalue weighted by Gasteiger charge is -2.20. The molecule has 1 heterocycles. The molecule has 0 aromatic carbocycles. The normalized spacial score (nSPS) is 10.9. The number of nitrogens with one attached hydrogen (secondary N) is 1. The lowest BCUT2D eigenvalue weighted by atomic mass is 10.2. The summed E-state index contributed by atoms with van der Waals surface area (Å²) >= 11 is 1.24. The lowest BCUT2D eigenvalue weighted by molar-refractivity contribution is 0.0662. The number of carbonyl (C=O) groups excluding carboxylic acids is 1. The maximum absolute atomic E-state index is 12.4. The van der Waals surface area contributed by atoms with Crippen molar-refractivity contribution in [2.75, 3.05) is 51.0 Å². The second-order valence-corrected chi connectivity index (χ2v) is 6.02. The molecule has 1 aromatic rings. The van der Waals surface area contributed by atoms with Gasteiger partial charge in [-0.05, 0) is 5.92 Å². The number of ether oxygens (including phenoxy) is 1. The minimum Gasteiger partial charge on any atom is -0.395 e. The van der Waals surface area contributed by atoms with Crippen LogP contribution in [0.25, 0.3) is 0 Å². The van der Waals surface area contributed by atoms with Crippen molar-refractivity contribution in [1.29, 1.82) is 0 Å². The first kappa shape index (κ1) is 17.7. The van der Waals surface area contributed by atoms with E-state index in [2.05, 4.69) is 24.1 Å². The molecule has 1 rings (SSSR count). The van der Waals surface area contributed by atoms with Gasteiger partial charge in [-0.3, -0.25) is 4.79 Å². The Balaban J connectivity index is 2.79. The van der Waals surface area contributed by atoms with Crippen LogP contribution in [0.3, 0.4) is 0 Å². The summed E-state index contributed by atoms with van der Waals surface area (Å²) < 4.78 is 4.97. The average molecular weight is 316 g/mol. The van der Waals surface area contributed by atoms with Crippen LogP contribution in [0.4, 0.5) is 10.9 Å². The van der Waals surface area contributed by atoms with Crippen LogP contribution in [0.5, 0.6) is 0 Å². The second kappa shape index (κ2) is 8.81. The molecule has 0 aliphatic rings. The predicted molar refractivity (Wildman–Crippen MR) is 84.7 cm³/mol. The van der Waals surface area contributed by atoms with E-state index < -0.39 is 0 Å². The smallest absolute Gasteiger partial charge is 0.268 e. The molecule has 0 radical (unpaired) electrons. The summed E-state index contributed by atoms with van der Waals surface area (Å²) in [6.45, 7) is 5.89. The van der Waals surface area contributed by atoms with Crippen LogP contribution in [0.15, 0.2) is 0 Å². The van der Waals surface area contributed by atoms with Crippen LogP contribution >= 0.6 is 11.3 Å². The molecule has 120 valence electrons. The van der Waals surface area contributed by atoms with Gasteiger partial charge in [0.05, 0.1) is 13.2 Å². The number of hydrogen-bond donors (Lipinski definition) is 3. The van der Waals surface area contributed by atoms with Crippen LogP contribution in [-0.4, -0.2) is 60.9 Å². The van der Waals surface area contributed by atoms with Crippen molar-refractivity contribution in [1.82, 2.24) is 9.88 Å². The number of rotatable bonds is 9. The summed E-state index contributed by atoms with van der Waals surface area (Å²) in [5.41, 5.74) is 5.83. The largest absolute Gasteiger partial charge is 0.395 e. The first-order valence-corrected chi connectivity index (χ1v) is 7.70. The van der Waals surface area contributed by atoms with E-state index in [0.29, 0.717) is 29.1 Å². The zero-order valence-electron chi connectivity index (χ0n) is 12.8. The fourth-order valence-corrected chi connectivity index (χ4v) is 2.49. The Bertz CT molecular complexity index is 451. The Morgan fingerprint density at radius 1 is 1.52 bits per heavy atom. The summed E-state index contributed by atoms with van der Waals surface area (Å²) in [6, 6.07) is 0. The van der Waals surface area contributed by atoms with Crippen LogP contribution in [0.2, 0.25) is 0 Å². The monoisotopic (exact) mass is 316 g/mol. The number of aliphatic hydroxyl groups excluding tert-OH is 1. The molecule has 0 saturated heterocycles. The standard InChI is InChI=1S/C13H24N4O3S/c1-9(2)8-15-13-16-11(14)10(21-13)12(19)17(4-6-18)5-7-20-3/h9,18H,4-8,14H2,1-3H3,(H,15,16). The number of methoxy groups -OCH3 is 1. The maximum Gasteiger partial charge on any atom is 0.268 e. The molecule has 0 fully saturated rings. The van der Waals surface area contributed by atoms with Crippen LogP contribution in [-0.2, 0) is 4.74 Å². The van der Waals surface area contributed by atoms with Gasteiger partial charge in [-0.25, -0.2) is 4.98 Å². The molecular formula is C13H24N4O3S. The van der Waals surface area contributed by atoms with Crippen molar-refractivity contribution < 1.29 is 14.6 Å². The van der Waals surface area contributed by atoms with E-state index in [-0.39, 0.29) is 24.9 Å². The molecular weight excluding hydrogens is 292 g/mol. The number of amides is 1. The third-order valence-corrected chi connectivity index (χ3v) is 3.75. The van der Waals surface area contributed by atoms with Crippen LogP contribution < -0.4 is 11.1 Å². The van der Waals surface area contributed by atoms with Crippen molar-refractivity contribution in [2.45, 2.75) is 13.8 Å². The molecule has 7 nitrogen and oxygen atoms in total. The van der Waals surface area contributed by atoms with Crippen molar-refractivity contribution in [2.24, 2.45) is 5.92 Å². The summed E-state index contributed by atoms with van der Waals surface area (Å²) in [6.07, 6.45) is 0. The number of hydrogen-bond acceptors (Lipinski definition) is 7. The van der Waals surface area contributed by atoms with E-state index in [4.69, 9.17) is 15.6 Å². The van der Waals surface area contributed by atoms with Gasteiger partial charge in [-0.15, -0.1) is 0 Å². The van der Waals surface area contributed by atoms with Gasteiger partial charge >= 0.3 is 0 Å². The fourth-order valence-electron chi connectivity index (χ4n) is 1.63. The van der Waals surface area contributed by atoms with Gasteiger partial charge in [0.15, 0.2) is 5.13 Å². The summed E-state index contributed by atoms with van der Waals surface area (Å²) in [5, 5.41) is 12.9. The molecule has 0 spiro atoms. The van der Waals surface area contributed by atoms with Gasteiger partial charge in [0.2, 0.25) is 0 Å². The Hall–Kier alpha value is -1.38. The molecule has 1 amide bonds. The van der Waals surface area contributed by atoms with Crippen molar-refractivity contribution in [3.8, 4) is 0 Å². The number of carbonyl (C=O) groups is 1. The second-order valence-electron chi connectivity index (χ2n) is 5.02. The topological polar surface area (TPSA) is 101 Å². The van der Waals surface area contributed by atoms with Gasteiger partial charge < -0.3 is 25.8 Å². The predicted octanol–water partition coefficient (Wildman–Crippen LogP) is 0.874. The van der Waals surface area contributed by atoms with Crippen LogP contribution in [0.1, 0.15) is 23.5 Å². The SMILES string of the molecule is COCCN(CCO)C(=O)c1sc(NCC(C)C)nc1N. The number of nitrogens with zero attached hydrogens (tertiary/aromatic N) is 2. The lowest BCUT2D eigenvalue weighted by Crippen LogP contribution is -2.36. The maximum atomic E-state index is 12.4. The van der Waals surface area contributed by atoms with E-state index >= 15 is 0 Å². The highest BCUT2D eigenvalue weighted by Gasteiger charge is 2.21. The first-order valence-electron chi connectivity index (χ1n) is 6.88. The summed E-state index contributed by atoms with van der Waals surface area (Å²) in [7, 11) is 1.57. The number of anilines is 2. The van der Waals surface area contributed by atoms with Gasteiger partial charge in [0, 0.05) is 26.7 Å². The molecule has 1 aromatic heterocycles. The molecule has 0 bridgehead atoms. The van der Waals surface area contributed by atoms with Crippen molar-refractivity contribution in [3.63, 3.8) is 0 Å². The third-order valence-electron chi connectivity index (χ3n) is 2.73. The molecule has 0 aliphatic heterocycles. The van der Waals surface area contributed by atoms with Crippen molar-refractivity contribution in [3.05, 3.63) is 4.88 Å². The summed E-state index contributed by atoms with van der Waals surface area (Å²) in [5.74, 6) is 0.465. The van der Waals surface area contributed by atoms with Crippen molar-refractivity contribution >= 4 is 28.2 Å². The average Bonchev–Trinajstić information content (AvgIpc) is 2.81. The third kappa shape index (κ3) is 5.49. The minimum absolute atomic E-state index is 0.105. The highest BCUT2D eigenvalue weighted by Crippen LogP contribution is 2.26. The van der Waals surface area contributed by atoms with E-state index in [1.165, 1.54) is 16.2 Å². The van der Waals surface area contributed by atoms with E-state index in [1.807, 2.05) is 0 Å². The number of thiazole rings is 1. The highest BCUT2D eigenvalue weighted by atomic mass is 32.1. The number of nitrogens with two attached hydrogens (primary N) is 1. The Morgan fingerprint density at radius 2 is 2.24 bits per heavy atom. The Labute approximate surface area is 129 Å². The van der Waals surface area contributed by atoms with Gasteiger partial charge in [0.1, 0.15) is 10.7 Å². The molecule has 0 atom stereocenters. The quantitative estimate of drug-likeness (QED) is 0.625. The molecule has 0 saturated carbocycles.